The highest BCUT2D eigenvalue weighted by Gasteiger charge is 2.21. The van der Waals surface area contributed by atoms with E-state index in [2.05, 4.69) is 0 Å². The number of hydrogen-bond acceptors (Lipinski definition) is 4. The van der Waals surface area contributed by atoms with E-state index in [1.54, 1.807) is 0 Å². The highest BCUT2D eigenvalue weighted by atomic mass is 16.7. The summed E-state index contributed by atoms with van der Waals surface area (Å²) < 4.78 is 15.8. The van der Waals surface area contributed by atoms with Crippen molar-refractivity contribution in [2.45, 2.75) is 45.4 Å². The molecule has 1 fully saturated rings. The first-order valence-electron chi connectivity index (χ1n) is 4.79. The lowest BCUT2D eigenvalue weighted by Crippen LogP contribution is -2.17. The maximum absolute atomic E-state index is 9.08. The molecule has 3 unspecified atom stereocenters. The van der Waals surface area contributed by atoms with E-state index in [1.807, 2.05) is 13.8 Å². The maximum atomic E-state index is 9.08. The van der Waals surface area contributed by atoms with Gasteiger partial charge in [0.15, 0.2) is 12.6 Å². The van der Waals surface area contributed by atoms with Crippen LogP contribution in [0.1, 0.15) is 26.7 Å². The van der Waals surface area contributed by atoms with Crippen molar-refractivity contribution >= 4 is 0 Å². The quantitative estimate of drug-likeness (QED) is 0.654. The standard InChI is InChI=1S/C9H18O4/c1-3-8(10)11-5-4-9-12-6-7(2)13-9/h7-10H,3-6H2,1-2H3. The third kappa shape index (κ3) is 4.04. The average molecular weight is 190 g/mol. The molecule has 0 aromatic heterocycles. The molecule has 1 aliphatic heterocycles. The summed E-state index contributed by atoms with van der Waals surface area (Å²) in [5.74, 6) is 0. The summed E-state index contributed by atoms with van der Waals surface area (Å²) in [4.78, 5) is 0. The van der Waals surface area contributed by atoms with Gasteiger partial charge in [-0.1, -0.05) is 6.92 Å². The molecule has 1 N–H and O–H groups in total. The Morgan fingerprint density at radius 2 is 2.38 bits per heavy atom. The minimum Gasteiger partial charge on any atom is -0.368 e. The molecule has 0 radical (unpaired) electrons. The molecule has 1 rings (SSSR count). The molecular formula is C9H18O4. The van der Waals surface area contributed by atoms with Crippen LogP contribution in [-0.2, 0) is 14.2 Å². The minimum atomic E-state index is -0.654. The van der Waals surface area contributed by atoms with Crippen LogP contribution in [0.2, 0.25) is 0 Å². The van der Waals surface area contributed by atoms with Crippen LogP contribution in [0.15, 0.2) is 0 Å². The smallest absolute Gasteiger partial charge is 0.160 e. The molecule has 0 aromatic rings. The SMILES string of the molecule is CCC(O)OCCC1OCC(C)O1. The second-order valence-corrected chi connectivity index (χ2v) is 3.23. The van der Waals surface area contributed by atoms with Gasteiger partial charge in [0.1, 0.15) is 0 Å². The van der Waals surface area contributed by atoms with E-state index in [-0.39, 0.29) is 12.4 Å². The Kier molecular flexibility index (Phi) is 4.66. The van der Waals surface area contributed by atoms with Gasteiger partial charge in [0, 0.05) is 6.42 Å². The van der Waals surface area contributed by atoms with Crippen LogP contribution in [0.3, 0.4) is 0 Å². The van der Waals surface area contributed by atoms with E-state index in [1.165, 1.54) is 0 Å². The lowest BCUT2D eigenvalue weighted by Gasteiger charge is -2.12. The van der Waals surface area contributed by atoms with Gasteiger partial charge in [-0.25, -0.2) is 0 Å². The number of rotatable bonds is 5. The van der Waals surface area contributed by atoms with Crippen molar-refractivity contribution < 1.29 is 19.3 Å². The maximum Gasteiger partial charge on any atom is 0.160 e. The van der Waals surface area contributed by atoms with E-state index >= 15 is 0 Å². The van der Waals surface area contributed by atoms with Gasteiger partial charge in [-0.3, -0.25) is 0 Å². The van der Waals surface area contributed by atoms with Gasteiger partial charge in [0.2, 0.25) is 0 Å². The van der Waals surface area contributed by atoms with Crippen molar-refractivity contribution in [3.63, 3.8) is 0 Å². The normalized spacial score (nSPS) is 30.7. The molecule has 78 valence electrons. The fourth-order valence-electron chi connectivity index (χ4n) is 1.15. The van der Waals surface area contributed by atoms with Crippen LogP contribution in [-0.4, -0.2) is 37.0 Å². The van der Waals surface area contributed by atoms with Crippen LogP contribution < -0.4 is 0 Å². The second-order valence-electron chi connectivity index (χ2n) is 3.23. The predicted octanol–water partition coefficient (Wildman–Crippen LogP) is 0.883. The number of aliphatic hydroxyl groups excluding tert-OH is 1. The fourth-order valence-corrected chi connectivity index (χ4v) is 1.15. The Morgan fingerprint density at radius 3 is 2.92 bits per heavy atom. The van der Waals surface area contributed by atoms with Gasteiger partial charge in [-0.2, -0.15) is 0 Å². The zero-order valence-electron chi connectivity index (χ0n) is 8.23. The lowest BCUT2D eigenvalue weighted by atomic mass is 10.4. The zero-order chi connectivity index (χ0) is 9.68. The van der Waals surface area contributed by atoms with Crippen LogP contribution in [0.5, 0.6) is 0 Å². The van der Waals surface area contributed by atoms with Gasteiger partial charge in [0.25, 0.3) is 0 Å². The Labute approximate surface area is 78.8 Å². The monoisotopic (exact) mass is 190 g/mol. The predicted molar refractivity (Wildman–Crippen MR) is 47.2 cm³/mol. The van der Waals surface area contributed by atoms with Crippen LogP contribution in [0, 0.1) is 0 Å². The number of ether oxygens (including phenoxy) is 3. The molecule has 3 atom stereocenters. The van der Waals surface area contributed by atoms with Gasteiger partial charge >= 0.3 is 0 Å². The topological polar surface area (TPSA) is 47.9 Å². The highest BCUT2D eigenvalue weighted by molar-refractivity contribution is 4.59. The van der Waals surface area contributed by atoms with Crippen molar-refractivity contribution in [2.24, 2.45) is 0 Å². The molecule has 0 amide bonds. The Bertz CT molecular complexity index is 140. The molecule has 13 heavy (non-hydrogen) atoms. The van der Waals surface area contributed by atoms with Crippen molar-refractivity contribution in [3.8, 4) is 0 Å². The molecule has 1 heterocycles. The summed E-state index contributed by atoms with van der Waals surface area (Å²) in [7, 11) is 0. The Morgan fingerprint density at radius 1 is 1.62 bits per heavy atom. The molecule has 4 nitrogen and oxygen atoms in total. The van der Waals surface area contributed by atoms with Crippen molar-refractivity contribution in [3.05, 3.63) is 0 Å². The summed E-state index contributed by atoms with van der Waals surface area (Å²) in [5, 5.41) is 9.08. The molecule has 4 heteroatoms. The second kappa shape index (κ2) is 5.54. The molecule has 0 spiro atoms. The van der Waals surface area contributed by atoms with E-state index in [0.717, 1.165) is 0 Å². The van der Waals surface area contributed by atoms with E-state index in [9.17, 15) is 0 Å². The summed E-state index contributed by atoms with van der Waals surface area (Å²) in [5.41, 5.74) is 0. The number of hydrogen-bond donors (Lipinski definition) is 1. The van der Waals surface area contributed by atoms with Gasteiger partial charge in [0.05, 0.1) is 19.3 Å². The molecular weight excluding hydrogens is 172 g/mol. The van der Waals surface area contributed by atoms with Crippen LogP contribution in [0.25, 0.3) is 0 Å². The first-order chi connectivity index (χ1) is 6.22. The van der Waals surface area contributed by atoms with Gasteiger partial charge < -0.3 is 19.3 Å². The summed E-state index contributed by atoms with van der Waals surface area (Å²) in [6.07, 6.45) is 0.670. The molecule has 1 aliphatic rings. The molecule has 0 bridgehead atoms. The molecule has 0 saturated carbocycles. The third-order valence-electron chi connectivity index (χ3n) is 1.91. The average Bonchev–Trinajstić information content (AvgIpc) is 2.51. The summed E-state index contributed by atoms with van der Waals surface area (Å²) in [6, 6.07) is 0. The largest absolute Gasteiger partial charge is 0.368 e. The molecule has 0 aliphatic carbocycles. The van der Waals surface area contributed by atoms with E-state index in [0.29, 0.717) is 26.1 Å². The van der Waals surface area contributed by atoms with Crippen molar-refractivity contribution in [1.82, 2.24) is 0 Å². The molecule has 1 saturated heterocycles. The third-order valence-corrected chi connectivity index (χ3v) is 1.91. The van der Waals surface area contributed by atoms with Crippen molar-refractivity contribution in [2.75, 3.05) is 13.2 Å². The van der Waals surface area contributed by atoms with Crippen molar-refractivity contribution in [1.29, 1.82) is 0 Å². The van der Waals surface area contributed by atoms with Crippen LogP contribution in [0.4, 0.5) is 0 Å². The first-order valence-corrected chi connectivity index (χ1v) is 4.79. The zero-order valence-corrected chi connectivity index (χ0v) is 8.23. The van der Waals surface area contributed by atoms with E-state index < -0.39 is 6.29 Å². The highest BCUT2D eigenvalue weighted by Crippen LogP contribution is 2.13. The first kappa shape index (κ1) is 10.9. The Balaban J connectivity index is 2.00. The van der Waals surface area contributed by atoms with Gasteiger partial charge in [-0.15, -0.1) is 0 Å². The van der Waals surface area contributed by atoms with Crippen LogP contribution >= 0.6 is 0 Å². The summed E-state index contributed by atoms with van der Waals surface area (Å²) in [6.45, 7) is 4.98. The van der Waals surface area contributed by atoms with E-state index in [4.69, 9.17) is 19.3 Å². The number of aliphatic hydroxyl groups is 1. The Hall–Kier alpha value is -0.160. The fraction of sp³-hybridized carbons (Fsp3) is 1.00. The minimum absolute atomic E-state index is 0.154. The summed E-state index contributed by atoms with van der Waals surface area (Å²) >= 11 is 0. The molecule has 0 aromatic carbocycles. The lowest BCUT2D eigenvalue weighted by molar-refractivity contribution is -0.127. The van der Waals surface area contributed by atoms with Gasteiger partial charge in [-0.05, 0) is 13.3 Å².